The first-order chi connectivity index (χ1) is 11.2. The van der Waals surface area contributed by atoms with Gasteiger partial charge in [0.25, 0.3) is 0 Å². The van der Waals surface area contributed by atoms with Crippen LogP contribution in [0.5, 0.6) is 0 Å². The molecule has 1 aliphatic rings. The molecule has 1 saturated carbocycles. The van der Waals surface area contributed by atoms with Crippen molar-refractivity contribution in [3.63, 3.8) is 0 Å². The van der Waals surface area contributed by atoms with E-state index in [2.05, 4.69) is 10.3 Å². The van der Waals surface area contributed by atoms with E-state index >= 15 is 0 Å². The number of hydrogen-bond donors (Lipinski definition) is 1. The number of carbonyl (C=O) groups is 1. The predicted molar refractivity (Wildman–Crippen MR) is 86.3 cm³/mol. The molecule has 1 amide bonds. The Morgan fingerprint density at radius 3 is 2.91 bits per heavy atom. The lowest BCUT2D eigenvalue weighted by Gasteiger charge is -2.12. The second-order valence-electron chi connectivity index (χ2n) is 5.91. The Morgan fingerprint density at radius 1 is 1.39 bits per heavy atom. The Morgan fingerprint density at radius 2 is 2.17 bits per heavy atom. The number of aromatic nitrogens is 3. The number of ether oxygens (including phenoxy) is 1. The third-order valence-electron chi connectivity index (χ3n) is 4.32. The van der Waals surface area contributed by atoms with Crippen LogP contribution >= 0.6 is 0 Å². The van der Waals surface area contributed by atoms with Gasteiger partial charge in [-0.1, -0.05) is 12.8 Å². The van der Waals surface area contributed by atoms with Gasteiger partial charge in [-0.05, 0) is 25.0 Å². The normalized spacial score (nSPS) is 15.3. The molecule has 2 aromatic rings. The molecule has 0 aliphatic heterocycles. The molecule has 23 heavy (non-hydrogen) atoms. The minimum atomic E-state index is -0.225. The molecule has 0 spiro atoms. The highest BCUT2D eigenvalue weighted by molar-refractivity contribution is 5.79. The van der Waals surface area contributed by atoms with Crippen LogP contribution in [0.2, 0.25) is 0 Å². The van der Waals surface area contributed by atoms with Gasteiger partial charge in [-0.2, -0.15) is 0 Å². The van der Waals surface area contributed by atoms with E-state index in [1.807, 2.05) is 6.07 Å². The van der Waals surface area contributed by atoms with E-state index in [1.165, 1.54) is 4.57 Å². The summed E-state index contributed by atoms with van der Waals surface area (Å²) in [7, 11) is 1.59. The van der Waals surface area contributed by atoms with Crippen LogP contribution in [0.15, 0.2) is 23.1 Å². The number of carbonyl (C=O) groups excluding carboxylic acids is 1. The average Bonchev–Trinajstić information content (AvgIpc) is 3.14. The molecule has 7 nitrogen and oxygen atoms in total. The smallest absolute Gasteiger partial charge is 0.330 e. The van der Waals surface area contributed by atoms with E-state index in [9.17, 15) is 9.59 Å². The zero-order valence-electron chi connectivity index (χ0n) is 13.3. The maximum Gasteiger partial charge on any atom is 0.330 e. The molecule has 7 heteroatoms. The summed E-state index contributed by atoms with van der Waals surface area (Å²) in [5.74, 6) is -0.117. The van der Waals surface area contributed by atoms with Crippen LogP contribution in [0, 0.1) is 0 Å². The zero-order valence-corrected chi connectivity index (χ0v) is 13.3. The Bertz CT molecular complexity index is 743. The van der Waals surface area contributed by atoms with Crippen molar-refractivity contribution in [1.82, 2.24) is 19.4 Å². The fourth-order valence-corrected chi connectivity index (χ4v) is 3.17. The molecule has 1 aliphatic carbocycles. The van der Waals surface area contributed by atoms with Gasteiger partial charge < -0.3 is 10.1 Å². The lowest BCUT2D eigenvalue weighted by atomic mass is 10.2. The summed E-state index contributed by atoms with van der Waals surface area (Å²) in [5, 5.41) is 3.02. The monoisotopic (exact) mass is 318 g/mol. The molecule has 0 unspecified atom stereocenters. The maximum atomic E-state index is 12.6. The van der Waals surface area contributed by atoms with Crippen LogP contribution < -0.4 is 11.0 Å². The first-order valence-electron chi connectivity index (χ1n) is 8.03. The Labute approximate surface area is 134 Å². The van der Waals surface area contributed by atoms with Gasteiger partial charge in [0.05, 0.1) is 18.7 Å². The second kappa shape index (κ2) is 6.95. The molecule has 3 rings (SSSR count). The third kappa shape index (κ3) is 3.29. The van der Waals surface area contributed by atoms with Crippen molar-refractivity contribution >= 4 is 17.1 Å². The lowest BCUT2D eigenvalue weighted by molar-refractivity contribution is -0.122. The fourth-order valence-electron chi connectivity index (χ4n) is 3.17. The number of amides is 1. The van der Waals surface area contributed by atoms with Crippen LogP contribution in [-0.4, -0.2) is 39.8 Å². The topological polar surface area (TPSA) is 78.1 Å². The highest BCUT2D eigenvalue weighted by Gasteiger charge is 2.20. The molecule has 1 N–H and O–H groups in total. The van der Waals surface area contributed by atoms with Crippen LogP contribution in [0.4, 0.5) is 0 Å². The van der Waals surface area contributed by atoms with Crippen molar-refractivity contribution in [2.45, 2.75) is 44.8 Å². The SMILES string of the molecule is COCCn1c(=O)n(CC(=O)NC2CCCC2)c2cccnc21. The van der Waals surface area contributed by atoms with Crippen molar-refractivity contribution in [1.29, 1.82) is 0 Å². The number of rotatable bonds is 6. The van der Waals surface area contributed by atoms with Gasteiger partial charge in [0.2, 0.25) is 5.91 Å². The minimum Gasteiger partial charge on any atom is -0.383 e. The summed E-state index contributed by atoms with van der Waals surface area (Å²) >= 11 is 0. The number of methoxy groups -OCH3 is 1. The molecule has 0 saturated heterocycles. The molecule has 1 fully saturated rings. The number of imidazole rings is 1. The van der Waals surface area contributed by atoms with E-state index in [0.29, 0.717) is 24.3 Å². The summed E-state index contributed by atoms with van der Waals surface area (Å²) in [6, 6.07) is 3.84. The molecular formula is C16H22N4O3. The van der Waals surface area contributed by atoms with Gasteiger partial charge in [-0.25, -0.2) is 9.78 Å². The summed E-state index contributed by atoms with van der Waals surface area (Å²) in [4.78, 5) is 29.2. The van der Waals surface area contributed by atoms with Crippen molar-refractivity contribution < 1.29 is 9.53 Å². The molecular weight excluding hydrogens is 296 g/mol. The number of nitrogens with zero attached hydrogens (tertiary/aromatic N) is 3. The molecule has 2 heterocycles. The second-order valence-corrected chi connectivity index (χ2v) is 5.91. The third-order valence-corrected chi connectivity index (χ3v) is 4.32. The highest BCUT2D eigenvalue weighted by Crippen LogP contribution is 2.17. The summed E-state index contributed by atoms with van der Waals surface area (Å²) in [5.41, 5.74) is 1.04. The first kappa shape index (κ1) is 15.7. The maximum absolute atomic E-state index is 12.6. The lowest BCUT2D eigenvalue weighted by Crippen LogP contribution is -2.37. The molecule has 2 aromatic heterocycles. The van der Waals surface area contributed by atoms with Gasteiger partial charge in [-0.3, -0.25) is 13.9 Å². The van der Waals surface area contributed by atoms with Gasteiger partial charge in [-0.15, -0.1) is 0 Å². The van der Waals surface area contributed by atoms with E-state index in [1.54, 1.807) is 23.9 Å². The van der Waals surface area contributed by atoms with Crippen LogP contribution in [0.1, 0.15) is 25.7 Å². The minimum absolute atomic E-state index is 0.0253. The van der Waals surface area contributed by atoms with Gasteiger partial charge in [0.1, 0.15) is 6.54 Å². The largest absolute Gasteiger partial charge is 0.383 e. The van der Waals surface area contributed by atoms with E-state index < -0.39 is 0 Å². The average molecular weight is 318 g/mol. The summed E-state index contributed by atoms with van der Waals surface area (Å²) in [6.07, 6.45) is 6.01. The Hall–Kier alpha value is -2.15. The summed E-state index contributed by atoms with van der Waals surface area (Å²) < 4.78 is 8.10. The quantitative estimate of drug-likeness (QED) is 0.858. The van der Waals surface area contributed by atoms with E-state index in [0.717, 1.165) is 25.7 Å². The number of fused-ring (bicyclic) bond motifs is 1. The summed E-state index contributed by atoms with van der Waals surface area (Å²) in [6.45, 7) is 0.863. The van der Waals surface area contributed by atoms with Crippen LogP contribution in [0.25, 0.3) is 11.2 Å². The molecule has 0 bridgehead atoms. The van der Waals surface area contributed by atoms with Crippen molar-refractivity contribution in [2.75, 3.05) is 13.7 Å². The molecule has 0 aromatic carbocycles. The Kier molecular flexibility index (Phi) is 4.76. The standard InChI is InChI=1S/C16H22N4O3/c1-23-10-9-19-15-13(7-4-8-17-15)20(16(19)22)11-14(21)18-12-5-2-3-6-12/h4,7-8,12H,2-3,5-6,9-11H2,1H3,(H,18,21). The number of nitrogens with one attached hydrogen (secondary N) is 1. The first-order valence-corrected chi connectivity index (χ1v) is 8.03. The van der Waals surface area contributed by atoms with Gasteiger partial charge >= 0.3 is 5.69 Å². The zero-order chi connectivity index (χ0) is 16.2. The van der Waals surface area contributed by atoms with Crippen LogP contribution in [0.3, 0.4) is 0 Å². The number of hydrogen-bond acceptors (Lipinski definition) is 4. The van der Waals surface area contributed by atoms with Crippen LogP contribution in [-0.2, 0) is 22.6 Å². The van der Waals surface area contributed by atoms with E-state index in [4.69, 9.17) is 4.74 Å². The predicted octanol–water partition coefficient (Wildman–Crippen LogP) is 0.903. The number of pyridine rings is 1. The highest BCUT2D eigenvalue weighted by atomic mass is 16.5. The van der Waals surface area contributed by atoms with Crippen molar-refractivity contribution in [3.8, 4) is 0 Å². The Balaban J connectivity index is 1.86. The van der Waals surface area contributed by atoms with E-state index in [-0.39, 0.29) is 24.2 Å². The molecule has 0 atom stereocenters. The van der Waals surface area contributed by atoms with Gasteiger partial charge in [0, 0.05) is 19.3 Å². The fraction of sp³-hybridized carbons (Fsp3) is 0.562. The van der Waals surface area contributed by atoms with Gasteiger partial charge in [0.15, 0.2) is 5.65 Å². The molecule has 0 radical (unpaired) electrons. The van der Waals surface area contributed by atoms with Crippen molar-refractivity contribution in [2.24, 2.45) is 0 Å². The van der Waals surface area contributed by atoms with Crippen molar-refractivity contribution in [3.05, 3.63) is 28.8 Å². The molecule has 124 valence electrons.